The van der Waals surface area contributed by atoms with Crippen molar-refractivity contribution >= 4 is 11.4 Å². The van der Waals surface area contributed by atoms with E-state index in [0.717, 1.165) is 18.3 Å². The number of nitrogens with zero attached hydrogens (tertiary/aromatic N) is 3. The zero-order valence-corrected chi connectivity index (χ0v) is 10.3. The molecule has 7 heteroatoms. The first-order valence-corrected chi connectivity index (χ1v) is 5.80. The van der Waals surface area contributed by atoms with E-state index in [1.165, 1.54) is 12.1 Å². The van der Waals surface area contributed by atoms with Crippen LogP contribution in [0.2, 0.25) is 0 Å². The third kappa shape index (κ3) is 2.87. The molecule has 0 aliphatic heterocycles. The molecule has 0 unspecified atom stereocenters. The Labute approximate surface area is 109 Å². The average Bonchev–Trinajstić information content (AvgIpc) is 2.84. The molecule has 0 spiro atoms. The molecule has 0 saturated heterocycles. The smallest absolute Gasteiger partial charge is 0.295 e. The summed E-state index contributed by atoms with van der Waals surface area (Å²) in [5.74, 6) is -0.629. The van der Waals surface area contributed by atoms with E-state index in [1.807, 2.05) is 13.0 Å². The minimum Gasteiger partial charge on any atom is -0.374 e. The molecule has 0 saturated carbocycles. The van der Waals surface area contributed by atoms with Gasteiger partial charge in [-0.05, 0) is 25.1 Å². The molecule has 0 atom stereocenters. The first kappa shape index (κ1) is 13.0. The van der Waals surface area contributed by atoms with Crippen molar-refractivity contribution in [3.05, 3.63) is 52.1 Å². The number of anilines is 1. The van der Waals surface area contributed by atoms with Crippen molar-refractivity contribution in [2.45, 2.75) is 20.0 Å². The Balaban J connectivity index is 2.18. The summed E-state index contributed by atoms with van der Waals surface area (Å²) in [6.07, 6.45) is 1.67. The van der Waals surface area contributed by atoms with E-state index >= 15 is 0 Å². The second-order valence-corrected chi connectivity index (χ2v) is 3.91. The second kappa shape index (κ2) is 5.47. The van der Waals surface area contributed by atoms with E-state index in [-0.39, 0.29) is 11.4 Å². The maximum Gasteiger partial charge on any atom is 0.295 e. The maximum absolute atomic E-state index is 13.0. The lowest BCUT2D eigenvalue weighted by Crippen LogP contribution is -2.09. The van der Waals surface area contributed by atoms with Crippen LogP contribution in [0.5, 0.6) is 0 Å². The number of aromatic nitrogens is 2. The number of hydrogen-bond donors (Lipinski definition) is 1. The number of nitro benzene ring substituents is 1. The molecule has 2 aromatic rings. The predicted octanol–water partition coefficient (Wildman–Crippen LogP) is 2.56. The highest BCUT2D eigenvalue weighted by molar-refractivity contribution is 5.61. The molecule has 100 valence electrons. The van der Waals surface area contributed by atoms with E-state index in [0.29, 0.717) is 6.54 Å². The number of nitro groups is 1. The fraction of sp³-hybridized carbons (Fsp3) is 0.250. The van der Waals surface area contributed by atoms with E-state index in [2.05, 4.69) is 10.4 Å². The summed E-state index contributed by atoms with van der Waals surface area (Å²) in [6, 6.07) is 5.28. The third-order valence-electron chi connectivity index (χ3n) is 2.72. The van der Waals surface area contributed by atoms with Crippen LogP contribution < -0.4 is 5.32 Å². The van der Waals surface area contributed by atoms with E-state index in [1.54, 1.807) is 10.9 Å². The molecule has 1 aromatic carbocycles. The van der Waals surface area contributed by atoms with Gasteiger partial charge in [0.25, 0.3) is 5.69 Å². The van der Waals surface area contributed by atoms with Crippen molar-refractivity contribution in [3.8, 4) is 0 Å². The molecule has 1 N–H and O–H groups in total. The van der Waals surface area contributed by atoms with Gasteiger partial charge < -0.3 is 5.32 Å². The first-order chi connectivity index (χ1) is 9.11. The number of aryl methyl sites for hydroxylation is 1. The van der Waals surface area contributed by atoms with Crippen LogP contribution in [-0.2, 0) is 13.1 Å². The van der Waals surface area contributed by atoms with Gasteiger partial charge in [0.2, 0.25) is 0 Å². The summed E-state index contributed by atoms with van der Waals surface area (Å²) in [7, 11) is 0. The third-order valence-corrected chi connectivity index (χ3v) is 2.72. The van der Waals surface area contributed by atoms with Crippen LogP contribution in [0.3, 0.4) is 0 Å². The summed E-state index contributed by atoms with van der Waals surface area (Å²) in [5, 5.41) is 17.9. The molecule has 0 aliphatic rings. The van der Waals surface area contributed by atoms with E-state index in [4.69, 9.17) is 0 Å². The van der Waals surface area contributed by atoms with Crippen molar-refractivity contribution in [3.63, 3.8) is 0 Å². The minimum atomic E-state index is -0.629. The van der Waals surface area contributed by atoms with Crippen molar-refractivity contribution in [1.82, 2.24) is 9.78 Å². The summed E-state index contributed by atoms with van der Waals surface area (Å²) in [6.45, 7) is 3.06. The van der Waals surface area contributed by atoms with Crippen LogP contribution >= 0.6 is 0 Å². The minimum absolute atomic E-state index is 0.275. The highest BCUT2D eigenvalue weighted by Gasteiger charge is 2.14. The normalized spacial score (nSPS) is 10.4. The van der Waals surface area contributed by atoms with Crippen molar-refractivity contribution in [1.29, 1.82) is 0 Å². The molecule has 2 rings (SSSR count). The largest absolute Gasteiger partial charge is 0.374 e. The maximum atomic E-state index is 13.0. The molecule has 0 amide bonds. The van der Waals surface area contributed by atoms with Gasteiger partial charge in [-0.1, -0.05) is 0 Å². The van der Waals surface area contributed by atoms with E-state index in [9.17, 15) is 14.5 Å². The Morgan fingerprint density at radius 2 is 2.26 bits per heavy atom. The fourth-order valence-electron chi connectivity index (χ4n) is 1.79. The molecule has 0 fully saturated rings. The number of benzene rings is 1. The van der Waals surface area contributed by atoms with Gasteiger partial charge in [0.05, 0.1) is 23.2 Å². The number of halogens is 1. The van der Waals surface area contributed by atoms with Gasteiger partial charge in [0, 0.05) is 12.7 Å². The summed E-state index contributed by atoms with van der Waals surface area (Å²) >= 11 is 0. The molecule has 0 radical (unpaired) electrons. The average molecular weight is 264 g/mol. The quantitative estimate of drug-likeness (QED) is 0.665. The molecule has 0 bridgehead atoms. The van der Waals surface area contributed by atoms with Crippen molar-refractivity contribution in [2.24, 2.45) is 0 Å². The van der Waals surface area contributed by atoms with Crippen LogP contribution in [0, 0.1) is 15.9 Å². The fourth-order valence-corrected chi connectivity index (χ4v) is 1.79. The van der Waals surface area contributed by atoms with Gasteiger partial charge in [0.15, 0.2) is 0 Å². The Kier molecular flexibility index (Phi) is 3.74. The zero-order valence-electron chi connectivity index (χ0n) is 10.3. The Hall–Kier alpha value is -2.44. The van der Waals surface area contributed by atoms with Crippen LogP contribution in [0.4, 0.5) is 15.8 Å². The van der Waals surface area contributed by atoms with Crippen molar-refractivity contribution in [2.75, 3.05) is 5.32 Å². The molecular weight excluding hydrogens is 251 g/mol. The lowest BCUT2D eigenvalue weighted by atomic mass is 10.2. The predicted molar refractivity (Wildman–Crippen MR) is 68.3 cm³/mol. The molecule has 1 heterocycles. The van der Waals surface area contributed by atoms with Crippen LogP contribution in [0.15, 0.2) is 30.5 Å². The highest BCUT2D eigenvalue weighted by atomic mass is 19.1. The molecule has 1 aromatic heterocycles. The lowest BCUT2D eigenvalue weighted by Gasteiger charge is -2.08. The number of rotatable bonds is 5. The van der Waals surface area contributed by atoms with Crippen LogP contribution in [-0.4, -0.2) is 14.7 Å². The monoisotopic (exact) mass is 264 g/mol. The SMILES string of the molecule is CCn1nccc1CNc1ccc(F)cc1[N+](=O)[O-]. The lowest BCUT2D eigenvalue weighted by molar-refractivity contribution is -0.384. The molecule has 0 aliphatic carbocycles. The Bertz CT molecular complexity index is 597. The van der Waals surface area contributed by atoms with Gasteiger partial charge in [-0.15, -0.1) is 0 Å². The summed E-state index contributed by atoms with van der Waals surface area (Å²) in [5.41, 5.74) is 0.916. The second-order valence-electron chi connectivity index (χ2n) is 3.91. The van der Waals surface area contributed by atoms with Gasteiger partial charge in [-0.2, -0.15) is 5.10 Å². The van der Waals surface area contributed by atoms with Crippen molar-refractivity contribution < 1.29 is 9.31 Å². The number of nitrogens with one attached hydrogen (secondary N) is 1. The first-order valence-electron chi connectivity index (χ1n) is 5.80. The van der Waals surface area contributed by atoms with Crippen LogP contribution in [0.1, 0.15) is 12.6 Å². The Morgan fingerprint density at radius 1 is 1.47 bits per heavy atom. The van der Waals surface area contributed by atoms with E-state index < -0.39 is 10.7 Å². The van der Waals surface area contributed by atoms with Gasteiger partial charge in [0.1, 0.15) is 11.5 Å². The molecule has 6 nitrogen and oxygen atoms in total. The summed E-state index contributed by atoms with van der Waals surface area (Å²) in [4.78, 5) is 10.2. The Morgan fingerprint density at radius 3 is 2.95 bits per heavy atom. The topological polar surface area (TPSA) is 73.0 Å². The highest BCUT2D eigenvalue weighted by Crippen LogP contribution is 2.25. The molecular formula is C12H13FN4O2. The zero-order chi connectivity index (χ0) is 13.8. The summed E-state index contributed by atoms with van der Waals surface area (Å²) < 4.78 is 14.8. The molecule has 19 heavy (non-hydrogen) atoms. The van der Waals surface area contributed by atoms with Gasteiger partial charge in [-0.25, -0.2) is 4.39 Å². The van der Waals surface area contributed by atoms with Gasteiger partial charge >= 0.3 is 0 Å². The van der Waals surface area contributed by atoms with Gasteiger partial charge in [-0.3, -0.25) is 14.8 Å². The van der Waals surface area contributed by atoms with Crippen LogP contribution in [0.25, 0.3) is 0 Å². The standard InChI is InChI=1S/C12H13FN4O2/c1-2-16-10(5-6-15-16)8-14-11-4-3-9(13)7-12(11)17(18)19/h3-7,14H,2,8H2,1H3. The number of hydrogen-bond acceptors (Lipinski definition) is 4.